The van der Waals surface area contributed by atoms with Gasteiger partial charge in [-0.05, 0) is 51.4 Å². The summed E-state index contributed by atoms with van der Waals surface area (Å²) >= 11 is 0. The topological polar surface area (TPSA) is 54.0 Å². The Kier molecular flexibility index (Phi) is 6.73. The number of nitrogens with zero attached hydrogens (tertiary/aromatic N) is 2. The molecule has 3 rings (SSSR count). The van der Waals surface area contributed by atoms with Gasteiger partial charge in [-0.2, -0.15) is 0 Å². The smallest absolute Gasteiger partial charge is 0.258 e. The van der Waals surface area contributed by atoms with E-state index >= 15 is 0 Å². The van der Waals surface area contributed by atoms with Gasteiger partial charge >= 0.3 is 0 Å². The van der Waals surface area contributed by atoms with Gasteiger partial charge in [0.25, 0.3) is 5.91 Å². The molecule has 2 saturated heterocycles. The van der Waals surface area contributed by atoms with E-state index in [1.54, 1.807) is 0 Å². The van der Waals surface area contributed by atoms with E-state index in [1.807, 2.05) is 12.1 Å². The molecule has 0 radical (unpaired) electrons. The molecule has 0 bridgehead atoms. The van der Waals surface area contributed by atoms with E-state index in [0.29, 0.717) is 6.54 Å². The Labute approximate surface area is 162 Å². The minimum atomic E-state index is -0.103. The second-order valence-corrected chi connectivity index (χ2v) is 8.32. The van der Waals surface area contributed by atoms with Crippen LogP contribution in [0.1, 0.15) is 32.3 Å². The van der Waals surface area contributed by atoms with E-state index in [-0.39, 0.29) is 24.2 Å². The molecule has 2 heterocycles. The maximum Gasteiger partial charge on any atom is 0.258 e. The highest BCUT2D eigenvalue weighted by atomic mass is 16.5. The van der Waals surface area contributed by atoms with Gasteiger partial charge in [-0.15, -0.1) is 0 Å². The summed E-state index contributed by atoms with van der Waals surface area (Å²) < 4.78 is 11.1. The number of carbonyl (C=O) groups excluding carboxylic acids is 1. The Morgan fingerprint density at radius 2 is 2.07 bits per heavy atom. The van der Waals surface area contributed by atoms with Gasteiger partial charge in [0.1, 0.15) is 5.75 Å². The van der Waals surface area contributed by atoms with Crippen molar-refractivity contribution in [2.75, 3.05) is 46.4 Å². The van der Waals surface area contributed by atoms with Gasteiger partial charge < -0.3 is 14.8 Å². The first-order valence-electron chi connectivity index (χ1n) is 9.96. The largest absolute Gasteiger partial charge is 0.484 e. The first kappa shape index (κ1) is 20.1. The van der Waals surface area contributed by atoms with E-state index in [0.717, 1.165) is 51.4 Å². The highest BCUT2D eigenvalue weighted by Gasteiger charge is 2.30. The molecule has 0 aromatic heterocycles. The van der Waals surface area contributed by atoms with Crippen LogP contribution in [-0.2, 0) is 16.1 Å². The van der Waals surface area contributed by atoms with Crippen molar-refractivity contribution in [1.82, 2.24) is 15.1 Å². The van der Waals surface area contributed by atoms with Gasteiger partial charge in [-0.1, -0.05) is 12.1 Å². The number of carbonyl (C=O) groups is 1. The minimum Gasteiger partial charge on any atom is -0.484 e. The second-order valence-electron chi connectivity index (χ2n) is 8.32. The first-order chi connectivity index (χ1) is 12.9. The van der Waals surface area contributed by atoms with Gasteiger partial charge in [-0.25, -0.2) is 0 Å². The molecular formula is C21H33N3O3. The van der Waals surface area contributed by atoms with Gasteiger partial charge in [-0.3, -0.25) is 14.6 Å². The van der Waals surface area contributed by atoms with Gasteiger partial charge in [0, 0.05) is 44.9 Å². The van der Waals surface area contributed by atoms with Crippen molar-refractivity contribution in [3.63, 3.8) is 0 Å². The van der Waals surface area contributed by atoms with Gasteiger partial charge in [0.05, 0.1) is 6.10 Å². The number of ether oxygens (including phenoxy) is 2. The number of nitrogens with one attached hydrogen (secondary N) is 1. The Balaban J connectivity index is 1.40. The van der Waals surface area contributed by atoms with Crippen molar-refractivity contribution in [3.05, 3.63) is 29.8 Å². The fraction of sp³-hybridized carbons (Fsp3) is 0.667. The molecule has 6 heteroatoms. The lowest BCUT2D eigenvalue weighted by atomic mass is 9.99. The van der Waals surface area contributed by atoms with Gasteiger partial charge in [0.2, 0.25) is 0 Å². The third-order valence-electron chi connectivity index (χ3n) is 5.65. The van der Waals surface area contributed by atoms with Crippen LogP contribution in [0.15, 0.2) is 24.3 Å². The van der Waals surface area contributed by atoms with Crippen LogP contribution >= 0.6 is 0 Å². The van der Waals surface area contributed by atoms with Crippen molar-refractivity contribution in [1.29, 1.82) is 0 Å². The summed E-state index contributed by atoms with van der Waals surface area (Å²) in [5, 5.41) is 2.87. The SMILES string of the molecule is CN1CCN(Cc2ccc(OCC(=O)NC[C@@H]3CCCO3)cc2)CC1(C)C. The van der Waals surface area contributed by atoms with Crippen LogP contribution in [0.25, 0.3) is 0 Å². The third kappa shape index (κ3) is 5.92. The number of likely N-dealkylation sites (N-methyl/N-ethyl adjacent to an activating group) is 1. The highest BCUT2D eigenvalue weighted by molar-refractivity contribution is 5.77. The summed E-state index contributed by atoms with van der Waals surface area (Å²) in [7, 11) is 2.19. The Morgan fingerprint density at radius 1 is 1.30 bits per heavy atom. The predicted molar refractivity (Wildman–Crippen MR) is 106 cm³/mol. The molecule has 1 aromatic carbocycles. The molecule has 27 heavy (non-hydrogen) atoms. The Hall–Kier alpha value is -1.63. The van der Waals surface area contributed by atoms with E-state index in [9.17, 15) is 4.79 Å². The number of hydrogen-bond acceptors (Lipinski definition) is 5. The fourth-order valence-corrected chi connectivity index (χ4v) is 3.66. The summed E-state index contributed by atoms with van der Waals surface area (Å²) in [5.41, 5.74) is 1.48. The van der Waals surface area contributed by atoms with Crippen LogP contribution in [0, 0.1) is 0 Å². The van der Waals surface area contributed by atoms with Crippen LogP contribution < -0.4 is 10.1 Å². The number of amides is 1. The van der Waals surface area contributed by atoms with Crippen LogP contribution in [-0.4, -0.2) is 73.8 Å². The van der Waals surface area contributed by atoms with Gasteiger partial charge in [0.15, 0.2) is 6.61 Å². The van der Waals surface area contributed by atoms with Crippen molar-refractivity contribution in [3.8, 4) is 5.75 Å². The van der Waals surface area contributed by atoms with E-state index in [1.165, 1.54) is 5.56 Å². The normalized spacial score (nSPS) is 23.3. The molecule has 6 nitrogen and oxygen atoms in total. The van der Waals surface area contributed by atoms with Crippen LogP contribution in [0.5, 0.6) is 5.75 Å². The number of rotatable bonds is 7. The lowest BCUT2D eigenvalue weighted by Gasteiger charge is -2.45. The maximum absolute atomic E-state index is 11.9. The first-order valence-corrected chi connectivity index (χ1v) is 9.96. The minimum absolute atomic E-state index is 0.0404. The Morgan fingerprint density at radius 3 is 2.74 bits per heavy atom. The molecule has 150 valence electrons. The number of benzene rings is 1. The van der Waals surface area contributed by atoms with Crippen molar-refractivity contribution in [2.45, 2.75) is 44.9 Å². The van der Waals surface area contributed by atoms with Crippen LogP contribution in [0.3, 0.4) is 0 Å². The molecule has 0 unspecified atom stereocenters. The van der Waals surface area contributed by atoms with Crippen LogP contribution in [0.4, 0.5) is 0 Å². The summed E-state index contributed by atoms with van der Waals surface area (Å²) in [4.78, 5) is 16.8. The summed E-state index contributed by atoms with van der Waals surface area (Å²) in [6, 6.07) is 8.07. The monoisotopic (exact) mass is 375 g/mol. The van der Waals surface area contributed by atoms with Crippen LogP contribution in [0.2, 0.25) is 0 Å². The summed E-state index contributed by atoms with van der Waals surface area (Å²) in [6.07, 6.45) is 2.26. The molecule has 0 spiro atoms. The quantitative estimate of drug-likeness (QED) is 0.789. The van der Waals surface area contributed by atoms with E-state index < -0.39 is 0 Å². The molecule has 1 amide bonds. The standard InChI is InChI=1S/C21H33N3O3/c1-21(2)16-24(11-10-23(21)3)14-17-6-8-18(9-7-17)27-15-20(25)22-13-19-5-4-12-26-19/h6-9,19H,4-5,10-16H2,1-3H3,(H,22,25)/t19-/m0/s1. The number of hydrogen-bond donors (Lipinski definition) is 1. The average Bonchev–Trinajstić information content (AvgIpc) is 3.16. The zero-order chi connectivity index (χ0) is 19.3. The summed E-state index contributed by atoms with van der Waals surface area (Å²) in [5.74, 6) is 0.624. The average molecular weight is 376 g/mol. The maximum atomic E-state index is 11.9. The van der Waals surface area contributed by atoms with Crippen molar-refractivity contribution >= 4 is 5.91 Å². The molecule has 1 atom stereocenters. The zero-order valence-electron chi connectivity index (χ0n) is 16.9. The highest BCUT2D eigenvalue weighted by Crippen LogP contribution is 2.21. The molecule has 1 N–H and O–H groups in total. The lowest BCUT2D eigenvalue weighted by Crippen LogP contribution is -2.57. The third-order valence-corrected chi connectivity index (χ3v) is 5.65. The molecule has 2 fully saturated rings. The van der Waals surface area contributed by atoms with Crippen molar-refractivity contribution < 1.29 is 14.3 Å². The van der Waals surface area contributed by atoms with E-state index in [4.69, 9.17) is 9.47 Å². The van der Waals surface area contributed by atoms with Crippen molar-refractivity contribution in [2.24, 2.45) is 0 Å². The Bertz CT molecular complexity index is 612. The molecule has 0 aliphatic carbocycles. The molecule has 2 aliphatic rings. The predicted octanol–water partition coefficient (Wildman–Crippen LogP) is 1.89. The fourth-order valence-electron chi connectivity index (χ4n) is 3.66. The summed E-state index contributed by atoms with van der Waals surface area (Å²) in [6.45, 7) is 10.2. The second kappa shape index (κ2) is 9.04. The molecule has 2 aliphatic heterocycles. The zero-order valence-corrected chi connectivity index (χ0v) is 16.9. The lowest BCUT2D eigenvalue weighted by molar-refractivity contribution is -0.123. The van der Waals surface area contributed by atoms with E-state index in [2.05, 4.69) is 48.1 Å². The number of piperazine rings is 1. The molecular weight excluding hydrogens is 342 g/mol. The molecule has 1 aromatic rings. The molecule has 0 saturated carbocycles.